The van der Waals surface area contributed by atoms with Crippen molar-refractivity contribution in [1.82, 2.24) is 0 Å². The molecule has 1 aromatic carbocycles. The molecule has 17 heavy (non-hydrogen) atoms. The maximum Gasteiger partial charge on any atom is 0.00794 e. The molecule has 94 valence electrons. The highest BCUT2D eigenvalue weighted by Crippen LogP contribution is 2.21. The number of allylic oxidation sites excluding steroid dienone is 1. The highest BCUT2D eigenvalue weighted by atomic mass is 14.6. The second kappa shape index (κ2) is 7.29. The van der Waals surface area contributed by atoms with Gasteiger partial charge in [0.15, 0.2) is 0 Å². The van der Waals surface area contributed by atoms with E-state index < -0.39 is 0 Å². The summed E-state index contributed by atoms with van der Waals surface area (Å²) in [4.78, 5) is 0. The summed E-state index contributed by atoms with van der Waals surface area (Å²) < 4.78 is 0. The van der Waals surface area contributed by atoms with E-state index in [4.69, 9.17) is 5.73 Å². The minimum atomic E-state index is 0.294. The van der Waals surface area contributed by atoms with Gasteiger partial charge in [-0.1, -0.05) is 55.7 Å². The predicted molar refractivity (Wildman–Crippen MR) is 76.9 cm³/mol. The molecule has 1 heteroatoms. The zero-order valence-electron chi connectivity index (χ0n) is 11.4. The van der Waals surface area contributed by atoms with Crippen LogP contribution in [0.4, 0.5) is 0 Å². The molecule has 1 atom stereocenters. The van der Waals surface area contributed by atoms with Crippen molar-refractivity contribution in [3.63, 3.8) is 0 Å². The van der Waals surface area contributed by atoms with Crippen LogP contribution in [0.15, 0.2) is 30.3 Å². The van der Waals surface area contributed by atoms with Crippen molar-refractivity contribution in [2.45, 2.75) is 52.5 Å². The lowest BCUT2D eigenvalue weighted by atomic mass is 9.95. The van der Waals surface area contributed by atoms with E-state index in [1.165, 1.54) is 29.5 Å². The van der Waals surface area contributed by atoms with E-state index in [0.29, 0.717) is 6.04 Å². The van der Waals surface area contributed by atoms with Crippen LogP contribution in [-0.2, 0) is 0 Å². The molecule has 0 aromatic heterocycles. The molecule has 0 aliphatic rings. The largest absolute Gasteiger partial charge is 0.327 e. The van der Waals surface area contributed by atoms with E-state index in [-0.39, 0.29) is 0 Å². The van der Waals surface area contributed by atoms with Crippen LogP contribution in [-0.4, -0.2) is 6.04 Å². The number of hydrogen-bond donors (Lipinski definition) is 1. The standard InChI is InChI=1S/C16H25N/c1-4-6-7-16(17)12-14(5-2)15-10-8-13(3)9-11-15/h5,8-11,16H,4,6-7,12,17H2,1-3H3/b14-5+. The van der Waals surface area contributed by atoms with Gasteiger partial charge in [0.2, 0.25) is 0 Å². The van der Waals surface area contributed by atoms with E-state index >= 15 is 0 Å². The molecule has 0 saturated heterocycles. The Kier molecular flexibility index (Phi) is 5.99. The second-order valence-electron chi connectivity index (χ2n) is 4.79. The van der Waals surface area contributed by atoms with Crippen LogP contribution in [0.1, 0.15) is 50.7 Å². The maximum atomic E-state index is 6.16. The van der Waals surface area contributed by atoms with Gasteiger partial charge in [0.1, 0.15) is 0 Å². The summed E-state index contributed by atoms with van der Waals surface area (Å²) >= 11 is 0. The number of hydrogen-bond acceptors (Lipinski definition) is 1. The molecule has 1 rings (SSSR count). The van der Waals surface area contributed by atoms with Gasteiger partial charge in [-0.3, -0.25) is 0 Å². The van der Waals surface area contributed by atoms with Gasteiger partial charge >= 0.3 is 0 Å². The van der Waals surface area contributed by atoms with Crippen molar-refractivity contribution >= 4 is 5.57 Å². The molecule has 0 aliphatic heterocycles. The Morgan fingerprint density at radius 1 is 1.29 bits per heavy atom. The zero-order valence-corrected chi connectivity index (χ0v) is 11.4. The van der Waals surface area contributed by atoms with Crippen molar-refractivity contribution in [3.8, 4) is 0 Å². The van der Waals surface area contributed by atoms with E-state index in [2.05, 4.69) is 51.1 Å². The van der Waals surface area contributed by atoms with Gasteiger partial charge in [-0.15, -0.1) is 0 Å². The smallest absolute Gasteiger partial charge is 0.00794 e. The highest BCUT2D eigenvalue weighted by molar-refractivity contribution is 5.65. The number of benzene rings is 1. The predicted octanol–water partition coefficient (Wildman–Crippen LogP) is 4.31. The van der Waals surface area contributed by atoms with Crippen LogP contribution in [0.3, 0.4) is 0 Å². The fourth-order valence-electron chi connectivity index (χ4n) is 2.02. The Bertz CT molecular complexity index is 348. The van der Waals surface area contributed by atoms with Crippen molar-refractivity contribution < 1.29 is 0 Å². The molecule has 0 radical (unpaired) electrons. The fraction of sp³-hybridized carbons (Fsp3) is 0.500. The molecule has 0 fully saturated rings. The van der Waals surface area contributed by atoms with E-state index in [0.717, 1.165) is 12.8 Å². The molecule has 1 unspecified atom stereocenters. The molecule has 2 N–H and O–H groups in total. The SMILES string of the molecule is C/C=C(\CC(N)CCCC)c1ccc(C)cc1. The van der Waals surface area contributed by atoms with E-state index in [1.54, 1.807) is 0 Å². The summed E-state index contributed by atoms with van der Waals surface area (Å²) in [6.07, 6.45) is 6.76. The maximum absolute atomic E-state index is 6.16. The van der Waals surface area contributed by atoms with E-state index in [9.17, 15) is 0 Å². The first kappa shape index (κ1) is 14.0. The van der Waals surface area contributed by atoms with Crippen molar-refractivity contribution in [2.24, 2.45) is 5.73 Å². The monoisotopic (exact) mass is 231 g/mol. The average Bonchev–Trinajstić information content (AvgIpc) is 2.34. The van der Waals surface area contributed by atoms with Crippen molar-refractivity contribution in [1.29, 1.82) is 0 Å². The number of nitrogens with two attached hydrogens (primary N) is 1. The van der Waals surface area contributed by atoms with Gasteiger partial charge < -0.3 is 5.73 Å². The Labute approximate surface area is 106 Å². The van der Waals surface area contributed by atoms with Gasteiger partial charge in [-0.05, 0) is 37.8 Å². The molecule has 0 spiro atoms. The Morgan fingerprint density at radius 2 is 1.94 bits per heavy atom. The summed E-state index contributed by atoms with van der Waals surface area (Å²) in [5.41, 5.74) is 10.1. The summed E-state index contributed by atoms with van der Waals surface area (Å²) in [7, 11) is 0. The molecule has 1 aromatic rings. The van der Waals surface area contributed by atoms with Gasteiger partial charge in [0.05, 0.1) is 0 Å². The quantitative estimate of drug-likeness (QED) is 0.776. The first-order chi connectivity index (χ1) is 8.17. The third-order valence-electron chi connectivity index (χ3n) is 3.18. The van der Waals surface area contributed by atoms with Crippen LogP contribution in [0.25, 0.3) is 5.57 Å². The van der Waals surface area contributed by atoms with Crippen LogP contribution < -0.4 is 5.73 Å². The molecule has 0 saturated carbocycles. The van der Waals surface area contributed by atoms with Crippen LogP contribution in [0.5, 0.6) is 0 Å². The fourth-order valence-corrected chi connectivity index (χ4v) is 2.02. The molecule has 0 aliphatic carbocycles. The topological polar surface area (TPSA) is 26.0 Å². The molecular formula is C16H25N. The third-order valence-corrected chi connectivity index (χ3v) is 3.18. The van der Waals surface area contributed by atoms with Crippen molar-refractivity contribution in [2.75, 3.05) is 0 Å². The minimum Gasteiger partial charge on any atom is -0.327 e. The normalized spacial score (nSPS) is 13.8. The van der Waals surface area contributed by atoms with Crippen molar-refractivity contribution in [3.05, 3.63) is 41.5 Å². The Balaban J connectivity index is 2.63. The van der Waals surface area contributed by atoms with Crippen LogP contribution in [0.2, 0.25) is 0 Å². The number of aryl methyl sites for hydroxylation is 1. The first-order valence-corrected chi connectivity index (χ1v) is 6.65. The lowest BCUT2D eigenvalue weighted by Gasteiger charge is -2.14. The third kappa shape index (κ3) is 4.74. The van der Waals surface area contributed by atoms with Crippen LogP contribution >= 0.6 is 0 Å². The Hall–Kier alpha value is -1.08. The molecule has 0 amide bonds. The summed E-state index contributed by atoms with van der Waals surface area (Å²) in [6.45, 7) is 6.43. The number of rotatable bonds is 6. The van der Waals surface area contributed by atoms with Gasteiger partial charge in [0, 0.05) is 6.04 Å². The van der Waals surface area contributed by atoms with Gasteiger partial charge in [-0.25, -0.2) is 0 Å². The van der Waals surface area contributed by atoms with Crippen LogP contribution in [0, 0.1) is 6.92 Å². The van der Waals surface area contributed by atoms with E-state index in [1.807, 2.05) is 0 Å². The molecular weight excluding hydrogens is 206 g/mol. The summed E-state index contributed by atoms with van der Waals surface area (Å²) in [5.74, 6) is 0. The minimum absolute atomic E-state index is 0.294. The summed E-state index contributed by atoms with van der Waals surface area (Å²) in [5, 5.41) is 0. The van der Waals surface area contributed by atoms with Gasteiger partial charge in [-0.2, -0.15) is 0 Å². The van der Waals surface area contributed by atoms with Gasteiger partial charge in [0.25, 0.3) is 0 Å². The zero-order chi connectivity index (χ0) is 12.7. The molecule has 1 nitrogen and oxygen atoms in total. The first-order valence-electron chi connectivity index (χ1n) is 6.65. The molecule has 0 bridgehead atoms. The number of unbranched alkanes of at least 4 members (excludes halogenated alkanes) is 1. The Morgan fingerprint density at radius 3 is 2.47 bits per heavy atom. The second-order valence-corrected chi connectivity index (χ2v) is 4.79. The average molecular weight is 231 g/mol. The molecule has 0 heterocycles. The highest BCUT2D eigenvalue weighted by Gasteiger charge is 2.07. The summed E-state index contributed by atoms with van der Waals surface area (Å²) in [6, 6.07) is 9.00. The lowest BCUT2D eigenvalue weighted by molar-refractivity contribution is 0.587. The lowest BCUT2D eigenvalue weighted by Crippen LogP contribution is -2.20.